The van der Waals surface area contributed by atoms with Crippen LogP contribution in [0.4, 0.5) is 0 Å². The Labute approximate surface area is 105 Å². The van der Waals surface area contributed by atoms with Crippen molar-refractivity contribution < 1.29 is 14.6 Å². The standard InChI is InChI=1S/C13H16N2O3/c1-2-18-13(17)7-8-15-11-6-4-3-5-10(11)14-12(15)9-16/h3-6,16H,2,7-9H2,1H3. The van der Waals surface area contributed by atoms with E-state index in [1.54, 1.807) is 6.92 Å². The van der Waals surface area contributed by atoms with Gasteiger partial charge < -0.3 is 14.4 Å². The molecular formula is C13H16N2O3. The molecule has 18 heavy (non-hydrogen) atoms. The SMILES string of the molecule is CCOC(=O)CCn1c(CO)nc2ccccc21. The molecule has 1 aromatic heterocycles. The van der Waals surface area contributed by atoms with Gasteiger partial charge in [0.2, 0.25) is 0 Å². The summed E-state index contributed by atoms with van der Waals surface area (Å²) >= 11 is 0. The van der Waals surface area contributed by atoms with E-state index in [2.05, 4.69) is 4.98 Å². The third-order valence-corrected chi connectivity index (χ3v) is 2.72. The van der Waals surface area contributed by atoms with Gasteiger partial charge in [-0.1, -0.05) is 12.1 Å². The van der Waals surface area contributed by atoms with Gasteiger partial charge in [0, 0.05) is 6.54 Å². The predicted molar refractivity (Wildman–Crippen MR) is 66.9 cm³/mol. The number of carbonyl (C=O) groups excluding carboxylic acids is 1. The molecule has 0 aliphatic rings. The van der Waals surface area contributed by atoms with Crippen LogP contribution in [0.1, 0.15) is 19.2 Å². The highest BCUT2D eigenvalue weighted by atomic mass is 16.5. The van der Waals surface area contributed by atoms with Gasteiger partial charge in [-0.05, 0) is 19.1 Å². The number of para-hydroxylation sites is 2. The summed E-state index contributed by atoms with van der Waals surface area (Å²) in [6, 6.07) is 7.61. The number of nitrogens with zero attached hydrogens (tertiary/aromatic N) is 2. The number of hydrogen-bond acceptors (Lipinski definition) is 4. The summed E-state index contributed by atoms with van der Waals surface area (Å²) in [5.74, 6) is 0.333. The lowest BCUT2D eigenvalue weighted by atomic mass is 10.3. The maximum Gasteiger partial charge on any atom is 0.307 e. The summed E-state index contributed by atoms with van der Waals surface area (Å²) < 4.78 is 6.74. The summed E-state index contributed by atoms with van der Waals surface area (Å²) in [5, 5.41) is 9.29. The molecule has 0 saturated carbocycles. The number of aryl methyl sites for hydroxylation is 1. The third kappa shape index (κ3) is 2.51. The number of ether oxygens (including phenoxy) is 1. The van der Waals surface area contributed by atoms with Crippen molar-refractivity contribution in [3.8, 4) is 0 Å². The molecule has 0 aliphatic heterocycles. The van der Waals surface area contributed by atoms with Crippen molar-refractivity contribution in [2.24, 2.45) is 0 Å². The first-order valence-electron chi connectivity index (χ1n) is 5.97. The highest BCUT2D eigenvalue weighted by molar-refractivity contribution is 5.76. The number of imidazole rings is 1. The minimum absolute atomic E-state index is 0.141. The van der Waals surface area contributed by atoms with Gasteiger partial charge in [-0.25, -0.2) is 4.98 Å². The number of aromatic nitrogens is 2. The van der Waals surface area contributed by atoms with Crippen LogP contribution in [0.25, 0.3) is 11.0 Å². The summed E-state index contributed by atoms with van der Waals surface area (Å²) in [4.78, 5) is 15.7. The van der Waals surface area contributed by atoms with Crippen molar-refractivity contribution in [3.05, 3.63) is 30.1 Å². The highest BCUT2D eigenvalue weighted by Crippen LogP contribution is 2.16. The van der Waals surface area contributed by atoms with E-state index >= 15 is 0 Å². The van der Waals surface area contributed by atoms with Crippen molar-refractivity contribution in [1.82, 2.24) is 9.55 Å². The molecule has 0 fully saturated rings. The number of carbonyl (C=O) groups is 1. The van der Waals surface area contributed by atoms with E-state index in [0.717, 1.165) is 11.0 Å². The lowest BCUT2D eigenvalue weighted by Crippen LogP contribution is -2.11. The van der Waals surface area contributed by atoms with E-state index in [-0.39, 0.29) is 19.0 Å². The monoisotopic (exact) mass is 248 g/mol. The second-order valence-corrected chi connectivity index (χ2v) is 3.88. The Morgan fingerprint density at radius 3 is 2.94 bits per heavy atom. The number of aliphatic hydroxyl groups excluding tert-OH is 1. The Hall–Kier alpha value is -1.88. The first kappa shape index (κ1) is 12.6. The lowest BCUT2D eigenvalue weighted by Gasteiger charge is -2.07. The van der Waals surface area contributed by atoms with Gasteiger partial charge in [-0.2, -0.15) is 0 Å². The fourth-order valence-corrected chi connectivity index (χ4v) is 1.93. The Morgan fingerprint density at radius 2 is 2.22 bits per heavy atom. The summed E-state index contributed by atoms with van der Waals surface area (Å²) in [6.07, 6.45) is 0.279. The van der Waals surface area contributed by atoms with Crippen LogP contribution >= 0.6 is 0 Å². The van der Waals surface area contributed by atoms with Crippen LogP contribution in [0.15, 0.2) is 24.3 Å². The molecule has 2 aromatic rings. The fourth-order valence-electron chi connectivity index (χ4n) is 1.93. The lowest BCUT2D eigenvalue weighted by molar-refractivity contribution is -0.143. The van der Waals surface area contributed by atoms with Crippen LogP contribution in [-0.2, 0) is 22.7 Å². The average Bonchev–Trinajstić information content (AvgIpc) is 2.74. The van der Waals surface area contributed by atoms with Crippen LogP contribution in [0.3, 0.4) is 0 Å². The fraction of sp³-hybridized carbons (Fsp3) is 0.385. The van der Waals surface area contributed by atoms with E-state index in [4.69, 9.17) is 4.74 Å². The van der Waals surface area contributed by atoms with Crippen LogP contribution in [0, 0.1) is 0 Å². The first-order valence-corrected chi connectivity index (χ1v) is 5.97. The minimum Gasteiger partial charge on any atom is -0.466 e. The quantitative estimate of drug-likeness (QED) is 0.814. The number of aliphatic hydroxyl groups is 1. The van der Waals surface area contributed by atoms with Gasteiger partial charge in [0.05, 0.1) is 24.1 Å². The van der Waals surface area contributed by atoms with Gasteiger partial charge in [0.1, 0.15) is 12.4 Å². The Morgan fingerprint density at radius 1 is 1.44 bits per heavy atom. The molecule has 5 heteroatoms. The van der Waals surface area contributed by atoms with Gasteiger partial charge in [0.15, 0.2) is 0 Å². The average molecular weight is 248 g/mol. The zero-order valence-corrected chi connectivity index (χ0v) is 10.3. The van der Waals surface area contributed by atoms with Crippen LogP contribution in [-0.4, -0.2) is 27.2 Å². The molecule has 0 spiro atoms. The Balaban J connectivity index is 2.23. The van der Waals surface area contributed by atoms with Gasteiger partial charge >= 0.3 is 5.97 Å². The predicted octanol–water partition coefficient (Wildman–Crippen LogP) is 1.48. The van der Waals surface area contributed by atoms with E-state index < -0.39 is 0 Å². The molecular weight excluding hydrogens is 232 g/mol. The normalized spacial score (nSPS) is 10.8. The molecule has 2 rings (SSSR count). The molecule has 0 unspecified atom stereocenters. The highest BCUT2D eigenvalue weighted by Gasteiger charge is 2.11. The number of esters is 1. The molecule has 0 saturated heterocycles. The second kappa shape index (κ2) is 5.64. The van der Waals surface area contributed by atoms with Crippen LogP contribution < -0.4 is 0 Å². The largest absolute Gasteiger partial charge is 0.466 e. The molecule has 0 aliphatic carbocycles. The molecule has 1 heterocycles. The number of hydrogen-bond donors (Lipinski definition) is 1. The maximum atomic E-state index is 11.4. The first-order chi connectivity index (χ1) is 8.76. The number of fused-ring (bicyclic) bond motifs is 1. The maximum absolute atomic E-state index is 11.4. The summed E-state index contributed by atoms with van der Waals surface area (Å²) in [7, 11) is 0. The van der Waals surface area contributed by atoms with Crippen molar-refractivity contribution in [3.63, 3.8) is 0 Å². The van der Waals surface area contributed by atoms with E-state index in [1.807, 2.05) is 28.8 Å². The summed E-state index contributed by atoms with van der Waals surface area (Å²) in [5.41, 5.74) is 1.75. The van der Waals surface area contributed by atoms with Crippen LogP contribution in [0.5, 0.6) is 0 Å². The summed E-state index contributed by atoms with van der Waals surface area (Å²) in [6.45, 7) is 2.49. The number of rotatable bonds is 5. The molecule has 96 valence electrons. The molecule has 0 amide bonds. The molecule has 0 atom stereocenters. The minimum atomic E-state index is -0.237. The zero-order valence-electron chi connectivity index (χ0n) is 10.3. The zero-order chi connectivity index (χ0) is 13.0. The Kier molecular flexibility index (Phi) is 3.94. The van der Waals surface area contributed by atoms with Crippen LogP contribution in [0.2, 0.25) is 0 Å². The van der Waals surface area contributed by atoms with E-state index in [9.17, 15) is 9.90 Å². The molecule has 0 radical (unpaired) electrons. The second-order valence-electron chi connectivity index (χ2n) is 3.88. The number of benzene rings is 1. The van der Waals surface area contributed by atoms with Gasteiger partial charge in [0.25, 0.3) is 0 Å². The van der Waals surface area contributed by atoms with E-state index in [0.29, 0.717) is 19.0 Å². The molecule has 0 bridgehead atoms. The molecule has 1 aromatic carbocycles. The van der Waals surface area contributed by atoms with Crippen molar-refractivity contribution in [1.29, 1.82) is 0 Å². The smallest absolute Gasteiger partial charge is 0.307 e. The van der Waals surface area contributed by atoms with E-state index in [1.165, 1.54) is 0 Å². The Bertz CT molecular complexity index is 548. The molecule has 1 N–H and O–H groups in total. The van der Waals surface area contributed by atoms with Crippen molar-refractivity contribution in [2.45, 2.75) is 26.5 Å². The third-order valence-electron chi connectivity index (χ3n) is 2.72. The van der Waals surface area contributed by atoms with Gasteiger partial charge in [-0.3, -0.25) is 4.79 Å². The molecule has 5 nitrogen and oxygen atoms in total. The topological polar surface area (TPSA) is 64.3 Å². The van der Waals surface area contributed by atoms with Crippen molar-refractivity contribution in [2.75, 3.05) is 6.61 Å². The van der Waals surface area contributed by atoms with Gasteiger partial charge in [-0.15, -0.1) is 0 Å². The van der Waals surface area contributed by atoms with Crippen molar-refractivity contribution >= 4 is 17.0 Å².